The van der Waals surface area contributed by atoms with E-state index in [9.17, 15) is 10.1 Å². The van der Waals surface area contributed by atoms with Gasteiger partial charge in [-0.2, -0.15) is 11.8 Å². The second kappa shape index (κ2) is 5.66. The molecule has 0 saturated carbocycles. The van der Waals surface area contributed by atoms with Gasteiger partial charge in [0.1, 0.15) is 5.52 Å². The Hall–Kier alpha value is -1.82. The van der Waals surface area contributed by atoms with E-state index >= 15 is 0 Å². The Labute approximate surface area is 121 Å². The van der Waals surface area contributed by atoms with Crippen LogP contribution in [0.5, 0.6) is 0 Å². The van der Waals surface area contributed by atoms with E-state index in [1.807, 2.05) is 0 Å². The summed E-state index contributed by atoms with van der Waals surface area (Å²) in [5, 5.41) is 14.9. The third-order valence-corrected chi connectivity index (χ3v) is 4.45. The Morgan fingerprint density at radius 1 is 1.40 bits per heavy atom. The minimum atomic E-state index is -0.375. The Morgan fingerprint density at radius 2 is 2.15 bits per heavy atom. The third-order valence-electron chi connectivity index (χ3n) is 3.20. The normalized spacial score (nSPS) is 11.6. The lowest BCUT2D eigenvalue weighted by atomic mass is 10.1. The first-order chi connectivity index (χ1) is 9.44. The summed E-state index contributed by atoms with van der Waals surface area (Å²) in [6.07, 6.45) is 3.71. The molecule has 0 unspecified atom stereocenters. The molecule has 106 valence electrons. The topological polar surface area (TPSA) is 68.1 Å². The summed E-state index contributed by atoms with van der Waals surface area (Å²) >= 11 is 1.77. The molecular weight excluding hydrogens is 274 g/mol. The molecule has 1 N–H and O–H groups in total. The number of nitro groups is 1. The SMILES string of the molecule is CSC(C)(C)CNc1ccc([N+](=O)[O-])c2cccnc12. The van der Waals surface area contributed by atoms with Crippen LogP contribution in [0.1, 0.15) is 13.8 Å². The van der Waals surface area contributed by atoms with Crippen LogP contribution in [-0.2, 0) is 0 Å². The van der Waals surface area contributed by atoms with E-state index in [1.54, 1.807) is 36.2 Å². The average molecular weight is 291 g/mol. The summed E-state index contributed by atoms with van der Waals surface area (Å²) in [6.45, 7) is 5.05. The van der Waals surface area contributed by atoms with Crippen molar-refractivity contribution in [3.05, 3.63) is 40.6 Å². The second-order valence-corrected chi connectivity index (χ2v) is 6.62. The van der Waals surface area contributed by atoms with Crippen LogP contribution in [0.25, 0.3) is 10.9 Å². The molecule has 5 nitrogen and oxygen atoms in total. The number of fused-ring (bicyclic) bond motifs is 1. The number of rotatable bonds is 5. The number of non-ortho nitro benzene ring substituents is 1. The summed E-state index contributed by atoms with van der Waals surface area (Å²) in [5.74, 6) is 0. The van der Waals surface area contributed by atoms with E-state index in [0.29, 0.717) is 10.9 Å². The molecule has 1 heterocycles. The Kier molecular flexibility index (Phi) is 4.13. The van der Waals surface area contributed by atoms with Crippen molar-refractivity contribution in [1.29, 1.82) is 0 Å². The predicted octanol–water partition coefficient (Wildman–Crippen LogP) is 3.70. The van der Waals surface area contributed by atoms with Crippen molar-refractivity contribution in [3.8, 4) is 0 Å². The van der Waals surface area contributed by atoms with Gasteiger partial charge in [0, 0.05) is 23.6 Å². The summed E-state index contributed by atoms with van der Waals surface area (Å²) in [4.78, 5) is 14.9. The highest BCUT2D eigenvalue weighted by molar-refractivity contribution is 7.99. The van der Waals surface area contributed by atoms with Gasteiger partial charge < -0.3 is 5.32 Å². The monoisotopic (exact) mass is 291 g/mol. The molecule has 0 atom stereocenters. The highest BCUT2D eigenvalue weighted by Crippen LogP contribution is 2.30. The van der Waals surface area contributed by atoms with Crippen molar-refractivity contribution in [2.24, 2.45) is 0 Å². The molecule has 0 radical (unpaired) electrons. The van der Waals surface area contributed by atoms with Crippen LogP contribution < -0.4 is 5.32 Å². The van der Waals surface area contributed by atoms with Gasteiger partial charge in [-0.05, 0) is 38.3 Å². The number of benzene rings is 1. The largest absolute Gasteiger partial charge is 0.382 e. The Morgan fingerprint density at radius 3 is 2.80 bits per heavy atom. The Balaban J connectivity index is 2.41. The summed E-state index contributed by atoms with van der Waals surface area (Å²) < 4.78 is 0.0862. The van der Waals surface area contributed by atoms with Crippen LogP contribution in [0.4, 0.5) is 11.4 Å². The quantitative estimate of drug-likeness (QED) is 0.672. The lowest BCUT2D eigenvalue weighted by Gasteiger charge is -2.23. The van der Waals surface area contributed by atoms with E-state index in [-0.39, 0.29) is 15.4 Å². The van der Waals surface area contributed by atoms with Gasteiger partial charge in [-0.25, -0.2) is 0 Å². The van der Waals surface area contributed by atoms with Crippen LogP contribution >= 0.6 is 11.8 Å². The van der Waals surface area contributed by atoms with Crippen LogP contribution in [0, 0.1) is 10.1 Å². The molecule has 0 aliphatic carbocycles. The minimum Gasteiger partial charge on any atom is -0.382 e. The van der Waals surface area contributed by atoms with Crippen LogP contribution in [0.15, 0.2) is 30.5 Å². The maximum absolute atomic E-state index is 11.0. The lowest BCUT2D eigenvalue weighted by Crippen LogP contribution is -2.25. The molecule has 0 aliphatic heterocycles. The summed E-state index contributed by atoms with van der Waals surface area (Å²) in [7, 11) is 0. The van der Waals surface area contributed by atoms with Crippen molar-refractivity contribution in [3.63, 3.8) is 0 Å². The van der Waals surface area contributed by atoms with Gasteiger partial charge in [-0.1, -0.05) is 0 Å². The fourth-order valence-electron chi connectivity index (χ4n) is 1.84. The van der Waals surface area contributed by atoms with Crippen molar-refractivity contribution in [2.75, 3.05) is 18.1 Å². The average Bonchev–Trinajstić information content (AvgIpc) is 2.44. The number of hydrogen-bond donors (Lipinski definition) is 1. The Bertz CT molecular complexity index is 643. The lowest BCUT2D eigenvalue weighted by molar-refractivity contribution is -0.383. The van der Waals surface area contributed by atoms with Gasteiger partial charge in [0.15, 0.2) is 0 Å². The molecule has 2 aromatic rings. The van der Waals surface area contributed by atoms with Crippen LogP contribution in [0.2, 0.25) is 0 Å². The van der Waals surface area contributed by atoms with Gasteiger partial charge >= 0.3 is 0 Å². The number of pyridine rings is 1. The van der Waals surface area contributed by atoms with Crippen molar-refractivity contribution < 1.29 is 4.92 Å². The van der Waals surface area contributed by atoms with Crippen molar-refractivity contribution in [1.82, 2.24) is 4.98 Å². The van der Waals surface area contributed by atoms with Crippen LogP contribution in [0.3, 0.4) is 0 Å². The highest BCUT2D eigenvalue weighted by atomic mass is 32.2. The number of nitro benzene ring substituents is 1. The smallest absolute Gasteiger partial charge is 0.278 e. The maximum Gasteiger partial charge on any atom is 0.278 e. The van der Waals surface area contributed by atoms with Gasteiger partial charge in [0.2, 0.25) is 0 Å². The highest BCUT2D eigenvalue weighted by Gasteiger charge is 2.18. The van der Waals surface area contributed by atoms with E-state index < -0.39 is 0 Å². The predicted molar refractivity (Wildman–Crippen MR) is 84.5 cm³/mol. The molecule has 0 aliphatic rings. The van der Waals surface area contributed by atoms with Crippen LogP contribution in [-0.4, -0.2) is 27.5 Å². The van der Waals surface area contributed by atoms with Gasteiger partial charge in [-0.15, -0.1) is 0 Å². The van der Waals surface area contributed by atoms with Gasteiger partial charge in [-0.3, -0.25) is 15.1 Å². The molecule has 6 heteroatoms. The van der Waals surface area contributed by atoms with E-state index in [4.69, 9.17) is 0 Å². The molecule has 0 spiro atoms. The number of anilines is 1. The van der Waals surface area contributed by atoms with Crippen molar-refractivity contribution >= 4 is 34.0 Å². The molecule has 1 aromatic heterocycles. The van der Waals surface area contributed by atoms with Gasteiger partial charge in [0.25, 0.3) is 5.69 Å². The molecule has 0 saturated heterocycles. The number of nitrogens with one attached hydrogen (secondary N) is 1. The molecule has 0 fully saturated rings. The second-order valence-electron chi connectivity index (χ2n) is 5.11. The minimum absolute atomic E-state index is 0.0859. The standard InChI is InChI=1S/C14H17N3O2S/c1-14(2,20-3)9-16-11-6-7-12(17(18)19)10-5-4-8-15-13(10)11/h4-8,16H,9H2,1-3H3. The fourth-order valence-corrected chi connectivity index (χ4v) is 2.06. The number of aromatic nitrogens is 1. The van der Waals surface area contributed by atoms with E-state index in [2.05, 4.69) is 30.4 Å². The first-order valence-electron chi connectivity index (χ1n) is 6.26. The summed E-state index contributed by atoms with van der Waals surface area (Å²) in [5.41, 5.74) is 1.55. The van der Waals surface area contributed by atoms with E-state index in [0.717, 1.165) is 12.2 Å². The number of hydrogen-bond acceptors (Lipinski definition) is 5. The number of thioether (sulfide) groups is 1. The molecule has 20 heavy (non-hydrogen) atoms. The zero-order valence-corrected chi connectivity index (χ0v) is 12.5. The first kappa shape index (κ1) is 14.6. The first-order valence-corrected chi connectivity index (χ1v) is 7.48. The molecule has 2 rings (SSSR count). The molecule has 0 bridgehead atoms. The zero-order valence-electron chi connectivity index (χ0n) is 11.7. The molecule has 0 amide bonds. The molecule has 1 aromatic carbocycles. The molecular formula is C14H17N3O2S. The number of nitrogens with zero attached hydrogens (tertiary/aromatic N) is 2. The zero-order chi connectivity index (χ0) is 14.8. The maximum atomic E-state index is 11.0. The van der Waals surface area contributed by atoms with Gasteiger partial charge in [0.05, 0.1) is 16.0 Å². The fraction of sp³-hybridized carbons (Fsp3) is 0.357. The third kappa shape index (κ3) is 3.01. The van der Waals surface area contributed by atoms with Crippen molar-refractivity contribution in [2.45, 2.75) is 18.6 Å². The van der Waals surface area contributed by atoms with E-state index in [1.165, 1.54) is 6.07 Å². The summed E-state index contributed by atoms with van der Waals surface area (Å²) in [6, 6.07) is 6.69.